The molecule has 0 spiro atoms. The average Bonchev–Trinajstić information content (AvgIpc) is 2.67. The first-order chi connectivity index (χ1) is 9.23. The van der Waals surface area contributed by atoms with Crippen LogP contribution in [0.5, 0.6) is 0 Å². The molecule has 2 rings (SSSR count). The predicted octanol–water partition coefficient (Wildman–Crippen LogP) is 3.90. The molecule has 106 valence electrons. The van der Waals surface area contributed by atoms with Crippen LogP contribution in [0.25, 0.3) is 5.69 Å². The van der Waals surface area contributed by atoms with Crippen molar-refractivity contribution in [3.05, 3.63) is 45.7 Å². The lowest BCUT2D eigenvalue weighted by atomic mass is 10.2. The fraction of sp³-hybridized carbons (Fsp3) is 0.0909. The van der Waals surface area contributed by atoms with Gasteiger partial charge in [0.05, 0.1) is 10.7 Å². The third-order valence-electron chi connectivity index (χ3n) is 2.39. The van der Waals surface area contributed by atoms with Gasteiger partial charge in [0.15, 0.2) is 5.69 Å². The predicted molar refractivity (Wildman–Crippen MR) is 65.5 cm³/mol. The summed E-state index contributed by atoms with van der Waals surface area (Å²) >= 11 is 11.5. The first-order valence-electron chi connectivity index (χ1n) is 5.07. The molecule has 1 aromatic heterocycles. The number of para-hydroxylation sites is 1. The molecule has 2 aromatic rings. The van der Waals surface area contributed by atoms with E-state index >= 15 is 0 Å². The first kappa shape index (κ1) is 14.7. The maximum Gasteiger partial charge on any atom is 0.436 e. The highest BCUT2D eigenvalue weighted by molar-refractivity contribution is 6.34. The number of alkyl halides is 3. The van der Waals surface area contributed by atoms with Gasteiger partial charge in [-0.2, -0.15) is 18.3 Å². The number of aromatic carboxylic acids is 1. The van der Waals surface area contributed by atoms with Crippen molar-refractivity contribution in [1.29, 1.82) is 0 Å². The largest absolute Gasteiger partial charge is 0.478 e. The Kier molecular flexibility index (Phi) is 3.66. The number of hydrogen-bond donors (Lipinski definition) is 1. The van der Waals surface area contributed by atoms with E-state index in [4.69, 9.17) is 28.3 Å². The fourth-order valence-electron chi connectivity index (χ4n) is 1.57. The van der Waals surface area contributed by atoms with Gasteiger partial charge >= 0.3 is 12.1 Å². The van der Waals surface area contributed by atoms with Crippen LogP contribution in [-0.4, -0.2) is 20.9 Å². The van der Waals surface area contributed by atoms with Crippen LogP contribution >= 0.6 is 23.2 Å². The molecular weight excluding hydrogens is 320 g/mol. The second-order valence-electron chi connectivity index (χ2n) is 3.68. The van der Waals surface area contributed by atoms with Gasteiger partial charge in [-0.1, -0.05) is 35.3 Å². The van der Waals surface area contributed by atoms with Crippen LogP contribution in [0.3, 0.4) is 0 Å². The highest BCUT2D eigenvalue weighted by Gasteiger charge is 2.41. The van der Waals surface area contributed by atoms with Gasteiger partial charge in [-0.3, -0.25) is 0 Å². The molecule has 20 heavy (non-hydrogen) atoms. The normalized spacial score (nSPS) is 11.7. The van der Waals surface area contributed by atoms with E-state index in [0.717, 1.165) is 0 Å². The van der Waals surface area contributed by atoms with E-state index < -0.39 is 28.6 Å². The highest BCUT2D eigenvalue weighted by atomic mass is 35.5. The Morgan fingerprint density at radius 3 is 2.30 bits per heavy atom. The van der Waals surface area contributed by atoms with Gasteiger partial charge < -0.3 is 5.11 Å². The molecule has 0 aliphatic rings. The molecule has 0 radical (unpaired) electrons. The van der Waals surface area contributed by atoms with Gasteiger partial charge in [-0.25, -0.2) is 9.48 Å². The lowest BCUT2D eigenvalue weighted by Crippen LogP contribution is -2.12. The second-order valence-corrected chi connectivity index (χ2v) is 4.45. The van der Waals surface area contributed by atoms with E-state index in [1.165, 1.54) is 18.2 Å². The van der Waals surface area contributed by atoms with Crippen molar-refractivity contribution in [3.8, 4) is 5.69 Å². The van der Waals surface area contributed by atoms with Gasteiger partial charge in [-0.05, 0) is 12.1 Å². The van der Waals surface area contributed by atoms with Gasteiger partial charge in [0, 0.05) is 0 Å². The van der Waals surface area contributed by atoms with Gasteiger partial charge in [0.1, 0.15) is 10.7 Å². The zero-order chi connectivity index (χ0) is 15.1. The average molecular weight is 325 g/mol. The third kappa shape index (κ3) is 2.46. The quantitative estimate of drug-likeness (QED) is 0.911. The molecule has 0 amide bonds. The van der Waals surface area contributed by atoms with E-state index in [-0.39, 0.29) is 10.7 Å². The lowest BCUT2D eigenvalue weighted by Gasteiger charge is -2.05. The zero-order valence-electron chi connectivity index (χ0n) is 9.45. The molecule has 1 N–H and O–H groups in total. The Balaban J connectivity index is 2.75. The van der Waals surface area contributed by atoms with Crippen molar-refractivity contribution in [2.45, 2.75) is 6.18 Å². The monoisotopic (exact) mass is 324 g/mol. The number of benzene rings is 1. The maximum absolute atomic E-state index is 12.8. The van der Waals surface area contributed by atoms with Crippen molar-refractivity contribution in [2.24, 2.45) is 0 Å². The summed E-state index contributed by atoms with van der Waals surface area (Å²) in [4.78, 5) is 10.9. The van der Waals surface area contributed by atoms with Crippen LogP contribution in [0.1, 0.15) is 16.1 Å². The Morgan fingerprint density at radius 2 is 1.85 bits per heavy atom. The van der Waals surface area contributed by atoms with E-state index in [1.807, 2.05) is 0 Å². The van der Waals surface area contributed by atoms with Crippen LogP contribution in [0.4, 0.5) is 13.2 Å². The van der Waals surface area contributed by atoms with Gasteiger partial charge in [0.2, 0.25) is 0 Å². The summed E-state index contributed by atoms with van der Waals surface area (Å²) in [5.74, 6) is -1.82. The maximum atomic E-state index is 12.8. The molecule has 0 aliphatic heterocycles. The van der Waals surface area contributed by atoms with Crippen molar-refractivity contribution in [3.63, 3.8) is 0 Å². The minimum Gasteiger partial charge on any atom is -0.478 e. The number of halogens is 5. The van der Waals surface area contributed by atoms with E-state index in [1.54, 1.807) is 6.07 Å². The standard InChI is InChI=1S/C11H5Cl2F3N2O2/c12-5-3-1-2-4-6(5)18-9(13)7(10(19)20)8(17-18)11(14,15)16/h1-4H,(H,19,20). The van der Waals surface area contributed by atoms with Crippen molar-refractivity contribution in [1.82, 2.24) is 9.78 Å². The van der Waals surface area contributed by atoms with E-state index in [9.17, 15) is 18.0 Å². The Labute approximate surface area is 120 Å². The number of carboxylic acid groups (broad SMARTS) is 1. The molecule has 0 saturated heterocycles. The topological polar surface area (TPSA) is 55.1 Å². The molecule has 0 aliphatic carbocycles. The molecule has 4 nitrogen and oxygen atoms in total. The SMILES string of the molecule is O=C(O)c1c(C(F)(F)F)nn(-c2ccccc2Cl)c1Cl. The molecular formula is C11H5Cl2F3N2O2. The summed E-state index contributed by atoms with van der Waals surface area (Å²) in [7, 11) is 0. The number of carboxylic acids is 1. The summed E-state index contributed by atoms with van der Waals surface area (Å²) in [5, 5.41) is 11.5. The van der Waals surface area contributed by atoms with Crippen LogP contribution in [-0.2, 0) is 6.18 Å². The summed E-state index contributed by atoms with van der Waals surface area (Å²) in [5.41, 5.74) is -2.63. The zero-order valence-corrected chi connectivity index (χ0v) is 11.0. The number of aromatic nitrogens is 2. The highest BCUT2D eigenvalue weighted by Crippen LogP contribution is 2.36. The lowest BCUT2D eigenvalue weighted by molar-refractivity contribution is -0.141. The number of nitrogens with zero attached hydrogens (tertiary/aromatic N) is 2. The molecule has 1 heterocycles. The van der Waals surface area contributed by atoms with Crippen molar-refractivity contribution >= 4 is 29.2 Å². The number of carbonyl (C=O) groups is 1. The van der Waals surface area contributed by atoms with Crippen LogP contribution in [0.15, 0.2) is 24.3 Å². The molecule has 0 saturated carbocycles. The van der Waals surface area contributed by atoms with Crippen LogP contribution < -0.4 is 0 Å². The molecule has 0 unspecified atom stereocenters. The van der Waals surface area contributed by atoms with E-state index in [0.29, 0.717) is 4.68 Å². The molecule has 0 atom stereocenters. The summed E-state index contributed by atoms with van der Waals surface area (Å²) in [6.45, 7) is 0. The first-order valence-corrected chi connectivity index (χ1v) is 5.83. The molecule has 0 bridgehead atoms. The Morgan fingerprint density at radius 1 is 1.25 bits per heavy atom. The minimum absolute atomic E-state index is 0.0529. The third-order valence-corrected chi connectivity index (χ3v) is 3.06. The van der Waals surface area contributed by atoms with E-state index in [2.05, 4.69) is 5.10 Å². The second kappa shape index (κ2) is 4.99. The minimum atomic E-state index is -4.94. The molecule has 1 aromatic carbocycles. The van der Waals surface area contributed by atoms with Gasteiger partial charge in [0.25, 0.3) is 0 Å². The molecule has 0 fully saturated rings. The van der Waals surface area contributed by atoms with Crippen molar-refractivity contribution < 1.29 is 23.1 Å². The summed E-state index contributed by atoms with van der Waals surface area (Å²) < 4.78 is 39.0. The summed E-state index contributed by atoms with van der Waals surface area (Å²) in [6.07, 6.45) is -4.94. The fourth-order valence-corrected chi connectivity index (χ4v) is 2.08. The smallest absolute Gasteiger partial charge is 0.436 e. The number of rotatable bonds is 2. The van der Waals surface area contributed by atoms with Crippen LogP contribution in [0, 0.1) is 0 Å². The Bertz CT molecular complexity index is 683. The molecule has 9 heteroatoms. The summed E-state index contributed by atoms with van der Waals surface area (Å²) in [6, 6.07) is 5.86. The van der Waals surface area contributed by atoms with Crippen molar-refractivity contribution in [2.75, 3.05) is 0 Å². The Hall–Kier alpha value is -1.73. The van der Waals surface area contributed by atoms with Crippen LogP contribution in [0.2, 0.25) is 10.2 Å². The number of hydrogen-bond acceptors (Lipinski definition) is 2. The van der Waals surface area contributed by atoms with Gasteiger partial charge in [-0.15, -0.1) is 0 Å².